The van der Waals surface area contributed by atoms with E-state index in [-0.39, 0.29) is 12.1 Å². The van der Waals surface area contributed by atoms with Crippen molar-refractivity contribution in [2.24, 2.45) is 5.73 Å². The lowest BCUT2D eigenvalue weighted by Gasteiger charge is -2.20. The number of ether oxygens (including phenoxy) is 1. The first-order chi connectivity index (χ1) is 8.22. The summed E-state index contributed by atoms with van der Waals surface area (Å²) in [6.07, 6.45) is 1.84. The summed E-state index contributed by atoms with van der Waals surface area (Å²) in [6.45, 7) is 4.64. The number of benzene rings is 1. The summed E-state index contributed by atoms with van der Waals surface area (Å²) in [5.41, 5.74) is 8.16. The summed E-state index contributed by atoms with van der Waals surface area (Å²) < 4.78 is 5.52. The first-order valence-electron chi connectivity index (χ1n) is 5.94. The minimum Gasteiger partial charge on any atom is -0.377 e. The van der Waals surface area contributed by atoms with Gasteiger partial charge in [-0.1, -0.05) is 18.2 Å². The van der Waals surface area contributed by atoms with E-state index in [1.54, 1.807) is 0 Å². The van der Waals surface area contributed by atoms with Gasteiger partial charge < -0.3 is 10.5 Å². The second-order valence-electron chi connectivity index (χ2n) is 4.15. The van der Waals surface area contributed by atoms with Crippen LogP contribution in [0.5, 0.6) is 0 Å². The predicted molar refractivity (Wildman–Crippen MR) is 69.8 cm³/mol. The summed E-state index contributed by atoms with van der Waals surface area (Å²) in [6, 6.07) is 9.98. The van der Waals surface area contributed by atoms with Crippen molar-refractivity contribution < 1.29 is 4.74 Å². The first-order valence-corrected chi connectivity index (χ1v) is 5.94. The zero-order valence-electron chi connectivity index (χ0n) is 10.3. The van der Waals surface area contributed by atoms with E-state index in [4.69, 9.17) is 10.5 Å². The second kappa shape index (κ2) is 5.25. The Labute approximate surface area is 102 Å². The van der Waals surface area contributed by atoms with E-state index >= 15 is 0 Å². The molecule has 1 aromatic heterocycles. The maximum Gasteiger partial charge on any atom is 0.0739 e. The van der Waals surface area contributed by atoms with Gasteiger partial charge >= 0.3 is 0 Å². The molecule has 2 aromatic rings. The Morgan fingerprint density at radius 1 is 1.35 bits per heavy atom. The maximum absolute atomic E-state index is 6.15. The molecule has 1 heterocycles. The van der Waals surface area contributed by atoms with Crippen molar-refractivity contribution in [2.75, 3.05) is 6.61 Å². The van der Waals surface area contributed by atoms with Gasteiger partial charge in [0.1, 0.15) is 0 Å². The van der Waals surface area contributed by atoms with Crippen molar-refractivity contribution in [1.82, 2.24) is 4.98 Å². The van der Waals surface area contributed by atoms with Gasteiger partial charge in [-0.15, -0.1) is 0 Å². The molecule has 0 radical (unpaired) electrons. The molecule has 2 N–H and O–H groups in total. The lowest BCUT2D eigenvalue weighted by Crippen LogP contribution is -2.26. The van der Waals surface area contributed by atoms with Gasteiger partial charge in [0.05, 0.1) is 17.7 Å². The number of aromatic nitrogens is 1. The van der Waals surface area contributed by atoms with Crippen LogP contribution in [0.1, 0.15) is 25.5 Å². The summed E-state index contributed by atoms with van der Waals surface area (Å²) in [4.78, 5) is 4.41. The standard InChI is InChI=1S/C14H18N2O/c1-3-17-10(2)14(15)12-8-11-6-4-5-7-13(11)16-9-12/h4-10,14H,3,15H2,1-2H3. The van der Waals surface area contributed by atoms with Crippen LogP contribution in [0.4, 0.5) is 0 Å². The Kier molecular flexibility index (Phi) is 3.71. The van der Waals surface area contributed by atoms with Crippen LogP contribution in [0.25, 0.3) is 10.9 Å². The Hall–Kier alpha value is -1.45. The van der Waals surface area contributed by atoms with E-state index in [1.807, 2.05) is 44.3 Å². The quantitative estimate of drug-likeness (QED) is 0.878. The number of para-hydroxylation sites is 1. The zero-order chi connectivity index (χ0) is 12.3. The van der Waals surface area contributed by atoms with Crippen LogP contribution in [0.15, 0.2) is 36.5 Å². The van der Waals surface area contributed by atoms with Gasteiger partial charge in [0.2, 0.25) is 0 Å². The average Bonchev–Trinajstić information content (AvgIpc) is 2.37. The Morgan fingerprint density at radius 2 is 2.12 bits per heavy atom. The summed E-state index contributed by atoms with van der Waals surface area (Å²) in [5, 5.41) is 1.11. The third-order valence-electron chi connectivity index (χ3n) is 2.93. The third kappa shape index (κ3) is 2.62. The number of fused-ring (bicyclic) bond motifs is 1. The molecule has 0 aliphatic rings. The maximum atomic E-state index is 6.15. The predicted octanol–water partition coefficient (Wildman–Crippen LogP) is 2.66. The van der Waals surface area contributed by atoms with Crippen LogP contribution >= 0.6 is 0 Å². The fraction of sp³-hybridized carbons (Fsp3) is 0.357. The van der Waals surface area contributed by atoms with E-state index in [2.05, 4.69) is 11.1 Å². The largest absolute Gasteiger partial charge is 0.377 e. The SMILES string of the molecule is CCOC(C)C(N)c1cnc2ccccc2c1. The van der Waals surface area contributed by atoms with Crippen molar-refractivity contribution in [3.05, 3.63) is 42.1 Å². The van der Waals surface area contributed by atoms with Crippen LogP contribution in [0.2, 0.25) is 0 Å². The summed E-state index contributed by atoms with van der Waals surface area (Å²) in [7, 11) is 0. The highest BCUT2D eigenvalue weighted by Gasteiger charge is 2.15. The zero-order valence-corrected chi connectivity index (χ0v) is 10.3. The smallest absolute Gasteiger partial charge is 0.0739 e. The average molecular weight is 230 g/mol. The van der Waals surface area contributed by atoms with E-state index in [1.165, 1.54) is 0 Å². The molecule has 0 amide bonds. The lowest BCUT2D eigenvalue weighted by molar-refractivity contribution is 0.0574. The highest BCUT2D eigenvalue weighted by atomic mass is 16.5. The molecule has 0 spiro atoms. The third-order valence-corrected chi connectivity index (χ3v) is 2.93. The van der Waals surface area contributed by atoms with E-state index < -0.39 is 0 Å². The Bertz CT molecular complexity index is 498. The van der Waals surface area contributed by atoms with Crippen molar-refractivity contribution >= 4 is 10.9 Å². The topological polar surface area (TPSA) is 48.1 Å². The molecule has 0 saturated heterocycles. The molecule has 0 aliphatic heterocycles. The van der Waals surface area contributed by atoms with Gasteiger partial charge in [-0.3, -0.25) is 4.98 Å². The van der Waals surface area contributed by atoms with Gasteiger partial charge in [0.15, 0.2) is 0 Å². The number of pyridine rings is 1. The fourth-order valence-electron chi connectivity index (χ4n) is 1.91. The molecule has 0 saturated carbocycles. The Morgan fingerprint density at radius 3 is 2.88 bits per heavy atom. The van der Waals surface area contributed by atoms with Gasteiger partial charge in [-0.2, -0.15) is 0 Å². The number of hydrogen-bond donors (Lipinski definition) is 1. The Balaban J connectivity index is 2.29. The van der Waals surface area contributed by atoms with Crippen molar-refractivity contribution in [1.29, 1.82) is 0 Å². The molecule has 3 nitrogen and oxygen atoms in total. The minimum absolute atomic E-state index is 0.00274. The van der Waals surface area contributed by atoms with Gasteiger partial charge in [0.25, 0.3) is 0 Å². The van der Waals surface area contributed by atoms with Crippen molar-refractivity contribution in [3.8, 4) is 0 Å². The molecule has 3 heteroatoms. The normalized spacial score (nSPS) is 14.8. The van der Waals surface area contributed by atoms with Crippen LogP contribution in [0, 0.1) is 0 Å². The highest BCUT2D eigenvalue weighted by molar-refractivity contribution is 5.78. The molecule has 2 rings (SSSR count). The fourth-order valence-corrected chi connectivity index (χ4v) is 1.91. The molecular weight excluding hydrogens is 212 g/mol. The van der Waals surface area contributed by atoms with Crippen LogP contribution < -0.4 is 5.73 Å². The monoisotopic (exact) mass is 230 g/mol. The summed E-state index contributed by atoms with van der Waals surface area (Å²) >= 11 is 0. The van der Waals surface area contributed by atoms with Gasteiger partial charge in [-0.05, 0) is 31.5 Å². The molecule has 17 heavy (non-hydrogen) atoms. The molecule has 0 aliphatic carbocycles. The van der Waals surface area contributed by atoms with E-state index in [0.717, 1.165) is 16.5 Å². The number of nitrogens with two attached hydrogens (primary N) is 1. The van der Waals surface area contributed by atoms with E-state index in [0.29, 0.717) is 6.61 Å². The van der Waals surface area contributed by atoms with Crippen LogP contribution in [-0.4, -0.2) is 17.7 Å². The molecular formula is C14H18N2O. The van der Waals surface area contributed by atoms with Crippen molar-refractivity contribution in [2.45, 2.75) is 26.0 Å². The number of rotatable bonds is 4. The van der Waals surface area contributed by atoms with Gasteiger partial charge in [-0.25, -0.2) is 0 Å². The molecule has 0 fully saturated rings. The number of nitrogens with zero attached hydrogens (tertiary/aromatic N) is 1. The van der Waals surface area contributed by atoms with E-state index in [9.17, 15) is 0 Å². The number of hydrogen-bond acceptors (Lipinski definition) is 3. The molecule has 0 bridgehead atoms. The van der Waals surface area contributed by atoms with Crippen LogP contribution in [-0.2, 0) is 4.74 Å². The highest BCUT2D eigenvalue weighted by Crippen LogP contribution is 2.20. The summed E-state index contributed by atoms with van der Waals surface area (Å²) in [5.74, 6) is 0. The van der Waals surface area contributed by atoms with Crippen molar-refractivity contribution in [3.63, 3.8) is 0 Å². The first kappa shape index (κ1) is 12.0. The minimum atomic E-state index is -0.132. The molecule has 1 aromatic carbocycles. The van der Waals surface area contributed by atoms with Crippen LogP contribution in [0.3, 0.4) is 0 Å². The molecule has 2 atom stereocenters. The lowest BCUT2D eigenvalue weighted by atomic mass is 10.0. The second-order valence-corrected chi connectivity index (χ2v) is 4.15. The molecule has 90 valence electrons. The van der Waals surface area contributed by atoms with Gasteiger partial charge in [0, 0.05) is 18.2 Å². The molecule has 2 unspecified atom stereocenters.